The Hall–Kier alpha value is -1.07. The summed E-state index contributed by atoms with van der Waals surface area (Å²) in [5.74, 6) is 0.705. The third-order valence-electron chi connectivity index (χ3n) is 2.92. The molecule has 5 heteroatoms. The molecule has 0 aliphatic rings. The molecule has 0 fully saturated rings. The second-order valence-electron chi connectivity index (χ2n) is 4.53. The molecule has 20 heavy (non-hydrogen) atoms. The van der Waals surface area contributed by atoms with Crippen molar-refractivity contribution < 1.29 is 0 Å². The van der Waals surface area contributed by atoms with Crippen LogP contribution in [-0.2, 0) is 6.54 Å². The van der Waals surface area contributed by atoms with Gasteiger partial charge in [0.2, 0.25) is 0 Å². The van der Waals surface area contributed by atoms with Crippen LogP contribution in [0.5, 0.6) is 0 Å². The van der Waals surface area contributed by atoms with Crippen LogP contribution in [0.1, 0.15) is 19.8 Å². The van der Waals surface area contributed by atoms with Gasteiger partial charge in [-0.1, -0.05) is 59.7 Å². The van der Waals surface area contributed by atoms with E-state index in [-0.39, 0.29) is 5.56 Å². The maximum atomic E-state index is 12.6. The Labute approximate surface area is 131 Å². The van der Waals surface area contributed by atoms with Gasteiger partial charge in [0.25, 0.3) is 5.56 Å². The fourth-order valence-electron chi connectivity index (χ4n) is 1.91. The number of hydrogen-bond acceptors (Lipinski definition) is 3. The van der Waals surface area contributed by atoms with Crippen LogP contribution in [0.25, 0.3) is 10.9 Å². The van der Waals surface area contributed by atoms with Crippen LogP contribution in [0.2, 0.25) is 0 Å². The molecule has 3 nitrogen and oxygen atoms in total. The van der Waals surface area contributed by atoms with E-state index in [1.165, 1.54) is 0 Å². The topological polar surface area (TPSA) is 34.9 Å². The van der Waals surface area contributed by atoms with E-state index < -0.39 is 0 Å². The molecule has 0 aliphatic carbocycles. The monoisotopic (exact) mass is 352 g/mol. The third-order valence-corrected chi connectivity index (χ3v) is 4.63. The second kappa shape index (κ2) is 7.09. The van der Waals surface area contributed by atoms with Crippen LogP contribution in [0.4, 0.5) is 0 Å². The molecule has 0 unspecified atom stereocenters. The van der Waals surface area contributed by atoms with Gasteiger partial charge in [0, 0.05) is 12.3 Å². The molecule has 0 N–H and O–H groups in total. The first-order valence-corrected chi connectivity index (χ1v) is 8.37. The SMILES string of the molecule is C=C(Br)CSc1nc2ccccc2c(=O)n1CCCC. The predicted molar refractivity (Wildman–Crippen MR) is 89.7 cm³/mol. The molecule has 2 rings (SSSR count). The van der Waals surface area contributed by atoms with Crippen molar-refractivity contribution in [3.63, 3.8) is 0 Å². The Kier molecular flexibility index (Phi) is 5.43. The molecule has 0 saturated carbocycles. The number of thioether (sulfide) groups is 1. The first-order chi connectivity index (χ1) is 9.63. The summed E-state index contributed by atoms with van der Waals surface area (Å²) in [6.07, 6.45) is 2.03. The van der Waals surface area contributed by atoms with Gasteiger partial charge in [-0.05, 0) is 23.0 Å². The second-order valence-corrected chi connectivity index (χ2v) is 6.59. The lowest BCUT2D eigenvalue weighted by atomic mass is 10.2. The van der Waals surface area contributed by atoms with Crippen molar-refractivity contribution in [2.75, 3.05) is 5.75 Å². The highest BCUT2D eigenvalue weighted by molar-refractivity contribution is 9.11. The van der Waals surface area contributed by atoms with Crippen LogP contribution in [-0.4, -0.2) is 15.3 Å². The lowest BCUT2D eigenvalue weighted by Gasteiger charge is -2.12. The minimum absolute atomic E-state index is 0.0479. The molecular formula is C15H17BrN2OS. The highest BCUT2D eigenvalue weighted by Gasteiger charge is 2.11. The number of halogens is 1. The van der Waals surface area contributed by atoms with E-state index in [0.29, 0.717) is 17.7 Å². The quantitative estimate of drug-likeness (QED) is 0.577. The van der Waals surface area contributed by atoms with E-state index in [4.69, 9.17) is 0 Å². The Balaban J connectivity index is 2.51. The Morgan fingerprint density at radius 2 is 2.20 bits per heavy atom. The highest BCUT2D eigenvalue weighted by Crippen LogP contribution is 2.21. The van der Waals surface area contributed by atoms with Crippen LogP contribution >= 0.6 is 27.7 Å². The maximum absolute atomic E-state index is 12.6. The number of benzene rings is 1. The van der Waals surface area contributed by atoms with Crippen molar-refractivity contribution in [1.82, 2.24) is 9.55 Å². The summed E-state index contributed by atoms with van der Waals surface area (Å²) < 4.78 is 2.68. The summed E-state index contributed by atoms with van der Waals surface area (Å²) >= 11 is 4.89. The Bertz CT molecular complexity index is 681. The van der Waals surface area contributed by atoms with Gasteiger partial charge in [0.15, 0.2) is 5.16 Å². The van der Waals surface area contributed by atoms with Gasteiger partial charge in [-0.2, -0.15) is 0 Å². The van der Waals surface area contributed by atoms with Crippen molar-refractivity contribution in [2.24, 2.45) is 0 Å². The molecule has 1 aromatic carbocycles. The van der Waals surface area contributed by atoms with Gasteiger partial charge < -0.3 is 0 Å². The number of aromatic nitrogens is 2. The van der Waals surface area contributed by atoms with E-state index in [2.05, 4.69) is 34.4 Å². The van der Waals surface area contributed by atoms with Crippen molar-refractivity contribution in [3.8, 4) is 0 Å². The zero-order valence-corrected chi connectivity index (χ0v) is 13.8. The number of fused-ring (bicyclic) bond motifs is 1. The zero-order chi connectivity index (χ0) is 14.5. The van der Waals surface area contributed by atoms with E-state index in [9.17, 15) is 4.79 Å². The summed E-state index contributed by atoms with van der Waals surface area (Å²) in [6, 6.07) is 7.50. The summed E-state index contributed by atoms with van der Waals surface area (Å²) in [5, 5.41) is 1.45. The molecule has 2 aromatic rings. The summed E-state index contributed by atoms with van der Waals surface area (Å²) in [5.41, 5.74) is 0.805. The van der Waals surface area contributed by atoms with Crippen LogP contribution in [0.3, 0.4) is 0 Å². The smallest absolute Gasteiger partial charge is 0.262 e. The fourth-order valence-corrected chi connectivity index (χ4v) is 3.04. The molecule has 0 aliphatic heterocycles. The average Bonchev–Trinajstić information content (AvgIpc) is 2.44. The highest BCUT2D eigenvalue weighted by atomic mass is 79.9. The number of unbranched alkanes of at least 4 members (excludes halogenated alkanes) is 1. The number of nitrogens with zero attached hydrogens (tertiary/aromatic N) is 2. The van der Waals surface area contributed by atoms with Gasteiger partial charge in [-0.3, -0.25) is 9.36 Å². The van der Waals surface area contributed by atoms with Gasteiger partial charge in [0.1, 0.15) is 0 Å². The lowest BCUT2D eigenvalue weighted by molar-refractivity contribution is 0.558. The van der Waals surface area contributed by atoms with E-state index >= 15 is 0 Å². The predicted octanol–water partition coefficient (Wildman–Crippen LogP) is 4.20. The average molecular weight is 353 g/mol. The molecular weight excluding hydrogens is 336 g/mol. The minimum Gasteiger partial charge on any atom is -0.287 e. The number of para-hydroxylation sites is 1. The number of hydrogen-bond donors (Lipinski definition) is 0. The molecule has 0 spiro atoms. The van der Waals surface area contributed by atoms with Crippen molar-refractivity contribution >= 4 is 38.6 Å². The lowest BCUT2D eigenvalue weighted by Crippen LogP contribution is -2.23. The van der Waals surface area contributed by atoms with Crippen molar-refractivity contribution in [2.45, 2.75) is 31.5 Å². The standard InChI is InChI=1S/C15H17BrN2OS/c1-3-4-9-18-14(19)12-7-5-6-8-13(12)17-15(18)20-10-11(2)16/h5-8H,2-4,9-10H2,1H3. The summed E-state index contributed by atoms with van der Waals surface area (Å²) in [7, 11) is 0. The fraction of sp³-hybridized carbons (Fsp3) is 0.333. The minimum atomic E-state index is 0.0479. The van der Waals surface area contributed by atoms with Gasteiger partial charge in [-0.15, -0.1) is 0 Å². The first-order valence-electron chi connectivity index (χ1n) is 6.59. The van der Waals surface area contributed by atoms with E-state index in [1.807, 2.05) is 24.3 Å². The molecule has 1 aromatic heterocycles. The molecule has 106 valence electrons. The van der Waals surface area contributed by atoms with Gasteiger partial charge in [-0.25, -0.2) is 4.98 Å². The largest absolute Gasteiger partial charge is 0.287 e. The first kappa shape index (κ1) is 15.3. The maximum Gasteiger partial charge on any atom is 0.262 e. The number of rotatable bonds is 6. The van der Waals surface area contributed by atoms with Gasteiger partial charge in [0.05, 0.1) is 10.9 Å². The molecule has 0 amide bonds. The molecule has 0 saturated heterocycles. The Morgan fingerprint density at radius 1 is 1.45 bits per heavy atom. The van der Waals surface area contributed by atoms with Gasteiger partial charge >= 0.3 is 0 Å². The van der Waals surface area contributed by atoms with Crippen molar-refractivity contribution in [1.29, 1.82) is 0 Å². The molecule has 0 atom stereocenters. The Morgan fingerprint density at radius 3 is 2.90 bits per heavy atom. The van der Waals surface area contributed by atoms with Crippen LogP contribution < -0.4 is 5.56 Å². The van der Waals surface area contributed by atoms with Crippen LogP contribution in [0.15, 0.2) is 45.3 Å². The molecule has 1 heterocycles. The van der Waals surface area contributed by atoms with Crippen LogP contribution in [0, 0.1) is 0 Å². The van der Waals surface area contributed by atoms with E-state index in [1.54, 1.807) is 16.3 Å². The summed E-state index contributed by atoms with van der Waals surface area (Å²) in [4.78, 5) is 17.2. The molecule has 0 radical (unpaired) electrons. The zero-order valence-electron chi connectivity index (χ0n) is 11.4. The normalized spacial score (nSPS) is 10.9. The summed E-state index contributed by atoms with van der Waals surface area (Å²) in [6.45, 7) is 6.66. The van der Waals surface area contributed by atoms with E-state index in [0.717, 1.165) is 28.0 Å². The van der Waals surface area contributed by atoms with Crippen molar-refractivity contribution in [3.05, 3.63) is 45.7 Å². The third kappa shape index (κ3) is 3.52. The molecule has 0 bridgehead atoms.